The van der Waals surface area contributed by atoms with Gasteiger partial charge in [0.25, 0.3) is 0 Å². The van der Waals surface area contributed by atoms with Gasteiger partial charge in [0.05, 0.1) is 5.69 Å². The number of hydrogen-bond donors (Lipinski definition) is 1. The Morgan fingerprint density at radius 3 is 2.35 bits per heavy atom. The molecule has 0 aliphatic rings. The van der Waals surface area contributed by atoms with Crippen LogP contribution in [0.25, 0.3) is 18.2 Å². The van der Waals surface area contributed by atoms with Crippen LogP contribution >= 0.6 is 0 Å². The highest BCUT2D eigenvalue weighted by Crippen LogP contribution is 2.22. The number of benzene rings is 1. The van der Waals surface area contributed by atoms with Gasteiger partial charge in [-0.2, -0.15) is 0 Å². The quantitative estimate of drug-likeness (QED) is 0.454. The molecule has 0 saturated heterocycles. The molecule has 1 heterocycles. The van der Waals surface area contributed by atoms with Crippen molar-refractivity contribution in [2.45, 2.75) is 80.6 Å². The Balaban J connectivity index is 0.000000362. The zero-order valence-corrected chi connectivity index (χ0v) is 22.8. The van der Waals surface area contributed by atoms with Crippen LogP contribution in [-0.4, -0.2) is 4.98 Å². The first-order valence-electron chi connectivity index (χ1n) is 12.4. The third-order valence-electron chi connectivity index (χ3n) is 6.21. The maximum atomic E-state index is 13.7. The second-order valence-corrected chi connectivity index (χ2v) is 10.2. The van der Waals surface area contributed by atoms with Gasteiger partial charge in [0.1, 0.15) is 5.82 Å². The number of pyridine rings is 1. The molecule has 2 unspecified atom stereocenters. The largest absolute Gasteiger partial charge is 0.396 e. The lowest BCUT2D eigenvalue weighted by Crippen LogP contribution is -2.30. The monoisotopic (exact) mass is 464 g/mol. The Morgan fingerprint density at radius 2 is 1.82 bits per heavy atom. The summed E-state index contributed by atoms with van der Waals surface area (Å²) in [5, 5.41) is 1.75. The van der Waals surface area contributed by atoms with Gasteiger partial charge in [-0.3, -0.25) is 4.98 Å². The molecule has 0 aliphatic heterocycles. The molecule has 2 N–H and O–H groups in total. The topological polar surface area (TPSA) is 38.9 Å². The van der Waals surface area contributed by atoms with Gasteiger partial charge < -0.3 is 5.73 Å². The van der Waals surface area contributed by atoms with Crippen molar-refractivity contribution in [2.75, 3.05) is 5.73 Å². The molecular weight excluding hydrogens is 419 g/mol. The predicted octanol–water partition coefficient (Wildman–Crippen LogP) is 7.34. The number of rotatable bonds is 6. The van der Waals surface area contributed by atoms with E-state index in [1.165, 1.54) is 17.2 Å². The van der Waals surface area contributed by atoms with Gasteiger partial charge in [-0.25, -0.2) is 4.39 Å². The maximum absolute atomic E-state index is 13.7. The molecule has 3 heteroatoms. The average molecular weight is 465 g/mol. The van der Waals surface area contributed by atoms with Crippen LogP contribution in [-0.2, 0) is 5.41 Å². The molecule has 0 spiro atoms. The minimum Gasteiger partial charge on any atom is -0.396 e. The molecule has 0 fully saturated rings. The van der Waals surface area contributed by atoms with Crippen molar-refractivity contribution in [1.82, 2.24) is 4.98 Å². The fourth-order valence-electron chi connectivity index (χ4n) is 3.26. The molecule has 0 radical (unpaired) electrons. The van der Waals surface area contributed by atoms with Crippen LogP contribution in [0.4, 0.5) is 10.1 Å². The van der Waals surface area contributed by atoms with Crippen LogP contribution in [0.15, 0.2) is 42.6 Å². The second-order valence-electron chi connectivity index (χ2n) is 10.2. The van der Waals surface area contributed by atoms with E-state index in [4.69, 9.17) is 5.73 Å². The van der Waals surface area contributed by atoms with E-state index < -0.39 is 0 Å². The van der Waals surface area contributed by atoms with Gasteiger partial charge in [0.15, 0.2) is 0 Å². The maximum Gasteiger partial charge on any atom is 0.146 e. The third kappa shape index (κ3) is 8.59. The molecule has 2 nitrogen and oxygen atoms in total. The summed E-state index contributed by atoms with van der Waals surface area (Å²) in [4.78, 5) is 4.46. The Labute approximate surface area is 207 Å². The van der Waals surface area contributed by atoms with E-state index in [0.29, 0.717) is 11.8 Å². The Morgan fingerprint density at radius 1 is 1.18 bits per heavy atom. The number of nitrogens with zero attached hydrogens (tertiary/aromatic N) is 1. The van der Waals surface area contributed by atoms with E-state index in [2.05, 4.69) is 91.2 Å². The zero-order valence-electron chi connectivity index (χ0n) is 22.8. The molecule has 2 atom stereocenters. The summed E-state index contributed by atoms with van der Waals surface area (Å²) in [5.74, 6) is 0.437. The predicted molar refractivity (Wildman–Crippen MR) is 149 cm³/mol. The summed E-state index contributed by atoms with van der Waals surface area (Å²) in [7, 11) is 0. The Kier molecular flexibility index (Phi) is 11.5. The summed E-state index contributed by atoms with van der Waals surface area (Å²) in [6.45, 7) is 23.3. The lowest BCUT2D eigenvalue weighted by Gasteiger charge is -2.18. The summed E-state index contributed by atoms with van der Waals surface area (Å²) >= 11 is 0. The van der Waals surface area contributed by atoms with Crippen molar-refractivity contribution in [1.29, 1.82) is 0 Å². The van der Waals surface area contributed by atoms with Crippen molar-refractivity contribution in [2.24, 2.45) is 11.8 Å². The zero-order chi connectivity index (χ0) is 26.1. The van der Waals surface area contributed by atoms with Gasteiger partial charge in [0.2, 0.25) is 0 Å². The number of aromatic nitrogens is 1. The first-order valence-corrected chi connectivity index (χ1v) is 12.4. The molecule has 1 aromatic heterocycles. The van der Waals surface area contributed by atoms with Gasteiger partial charge in [-0.15, -0.1) is 0 Å². The highest BCUT2D eigenvalue weighted by Gasteiger charge is 2.15. The number of halogens is 1. The van der Waals surface area contributed by atoms with Gasteiger partial charge in [-0.1, -0.05) is 91.3 Å². The number of hydrogen-bond acceptors (Lipinski definition) is 2. The van der Waals surface area contributed by atoms with E-state index >= 15 is 0 Å². The molecule has 0 aliphatic carbocycles. The second kappa shape index (κ2) is 13.3. The van der Waals surface area contributed by atoms with Gasteiger partial charge >= 0.3 is 0 Å². The van der Waals surface area contributed by atoms with Gasteiger partial charge in [0, 0.05) is 22.5 Å². The van der Waals surface area contributed by atoms with E-state index in [9.17, 15) is 4.39 Å². The lowest BCUT2D eigenvalue weighted by atomic mass is 9.90. The number of aryl methyl sites for hydroxylation is 1. The molecule has 0 saturated carbocycles. The lowest BCUT2D eigenvalue weighted by molar-refractivity contribution is 0.568. The highest BCUT2D eigenvalue weighted by atomic mass is 19.1. The molecule has 0 amide bonds. The van der Waals surface area contributed by atoms with E-state index in [1.807, 2.05) is 19.2 Å². The molecule has 0 bridgehead atoms. The van der Waals surface area contributed by atoms with Crippen molar-refractivity contribution < 1.29 is 4.39 Å². The van der Waals surface area contributed by atoms with Gasteiger partial charge in [-0.05, 0) is 66.7 Å². The summed E-state index contributed by atoms with van der Waals surface area (Å²) in [5.41, 5.74) is 10.9. The standard InChI is InChI=1S/C18H26FN.C13H19N/c1-6-12(3)10-15-8-9-17(19)18(20)16(15)11-14(5)13(4)7-2;1-6-7-11-8-12(13(3,4)5)14-9-10(11)2/h8-13H,5-7,20H2,1-4H3;6-9H,1-5H3/b15-10-,16-11+;7-6-. The fraction of sp³-hybridized carbons (Fsp3) is 0.452. The molecule has 2 rings (SSSR count). The highest BCUT2D eigenvalue weighted by molar-refractivity contribution is 5.56. The van der Waals surface area contributed by atoms with Crippen LogP contribution < -0.4 is 16.2 Å². The molecule has 2 aromatic rings. The smallest absolute Gasteiger partial charge is 0.146 e. The minimum atomic E-state index is -0.366. The average Bonchev–Trinajstić information content (AvgIpc) is 2.79. The minimum absolute atomic E-state index is 0.129. The van der Waals surface area contributed by atoms with Crippen LogP contribution in [0.1, 0.15) is 85.1 Å². The number of allylic oxidation sites excluding steroid dienone is 2. The third-order valence-corrected chi connectivity index (χ3v) is 6.21. The van der Waals surface area contributed by atoms with E-state index in [1.54, 1.807) is 6.07 Å². The molecule has 1 aromatic carbocycles. The van der Waals surface area contributed by atoms with Crippen LogP contribution in [0.2, 0.25) is 0 Å². The number of anilines is 1. The normalized spacial score (nSPS) is 14.6. The van der Waals surface area contributed by atoms with E-state index in [-0.39, 0.29) is 16.9 Å². The molecule has 34 heavy (non-hydrogen) atoms. The number of nitrogen functional groups attached to an aromatic ring is 1. The summed E-state index contributed by atoms with van der Waals surface area (Å²) in [6, 6.07) is 5.41. The Bertz CT molecular complexity index is 1100. The number of nitrogens with two attached hydrogens (primary N) is 1. The molecular formula is C31H45FN2. The fourth-order valence-corrected chi connectivity index (χ4v) is 3.26. The first-order chi connectivity index (χ1) is 15.8. The Hall–Kier alpha value is -2.68. The van der Waals surface area contributed by atoms with Crippen molar-refractivity contribution in [3.63, 3.8) is 0 Å². The molecule has 186 valence electrons. The van der Waals surface area contributed by atoms with Crippen LogP contribution in [0.3, 0.4) is 0 Å². The summed E-state index contributed by atoms with van der Waals surface area (Å²) in [6.07, 6.45) is 12.3. The SMILES string of the molecule is C/C=C\c1cc(C(C)(C)C)ncc1C.C=C(/C=c1/c(N)c(F)cc/c1=C/C(C)CC)C(C)CC. The van der Waals surface area contributed by atoms with E-state index in [0.717, 1.165) is 34.5 Å². The van der Waals surface area contributed by atoms with Crippen molar-refractivity contribution in [3.8, 4) is 0 Å². The summed E-state index contributed by atoms with van der Waals surface area (Å²) < 4.78 is 13.7. The van der Waals surface area contributed by atoms with Crippen molar-refractivity contribution >= 4 is 23.9 Å². The van der Waals surface area contributed by atoms with Crippen LogP contribution in [0, 0.1) is 24.6 Å². The van der Waals surface area contributed by atoms with Crippen molar-refractivity contribution in [3.05, 3.63) is 75.7 Å². The first kappa shape index (κ1) is 29.4. The van der Waals surface area contributed by atoms with Crippen LogP contribution in [0.5, 0.6) is 0 Å².